The van der Waals surface area contributed by atoms with E-state index in [0.717, 1.165) is 49.8 Å². The second-order valence-corrected chi connectivity index (χ2v) is 6.56. The average molecular weight is 343 g/mol. The second-order valence-electron chi connectivity index (χ2n) is 6.12. The second kappa shape index (κ2) is 6.34. The van der Waals surface area contributed by atoms with Crippen molar-refractivity contribution in [1.82, 2.24) is 14.3 Å². The van der Waals surface area contributed by atoms with E-state index in [1.54, 1.807) is 12.1 Å². The number of pyridine rings is 1. The standard InChI is InChI=1S/C18H19ClN4O/c19-14-1-6-18-20-15(13-23(18)11-14)12-21-7-9-22(10-8-21)16-2-4-17(24)5-3-16/h1-6,11,13,24H,7-10,12H2. The summed E-state index contributed by atoms with van der Waals surface area (Å²) in [6.07, 6.45) is 3.93. The predicted octanol–water partition coefficient (Wildman–Crippen LogP) is 3.02. The number of nitrogens with zero attached hydrogens (tertiary/aromatic N) is 4. The Morgan fingerprint density at radius 2 is 1.71 bits per heavy atom. The Morgan fingerprint density at radius 3 is 2.46 bits per heavy atom. The molecule has 0 saturated carbocycles. The van der Waals surface area contributed by atoms with Gasteiger partial charge < -0.3 is 14.4 Å². The predicted molar refractivity (Wildman–Crippen MR) is 95.8 cm³/mol. The quantitative estimate of drug-likeness (QED) is 0.794. The van der Waals surface area contributed by atoms with Crippen molar-refractivity contribution in [2.45, 2.75) is 6.54 Å². The van der Waals surface area contributed by atoms with Crippen molar-refractivity contribution in [1.29, 1.82) is 0 Å². The molecule has 0 amide bonds. The molecule has 6 heteroatoms. The Bertz CT molecular complexity index is 838. The van der Waals surface area contributed by atoms with Crippen molar-refractivity contribution < 1.29 is 5.11 Å². The van der Waals surface area contributed by atoms with Gasteiger partial charge in [-0.3, -0.25) is 4.90 Å². The van der Waals surface area contributed by atoms with E-state index < -0.39 is 0 Å². The van der Waals surface area contributed by atoms with E-state index in [0.29, 0.717) is 10.8 Å². The molecule has 2 aromatic heterocycles. The number of piperazine rings is 1. The van der Waals surface area contributed by atoms with E-state index in [9.17, 15) is 5.11 Å². The fourth-order valence-corrected chi connectivity index (χ4v) is 3.32. The van der Waals surface area contributed by atoms with Crippen LogP contribution in [0.3, 0.4) is 0 Å². The van der Waals surface area contributed by atoms with Gasteiger partial charge in [0.05, 0.1) is 10.7 Å². The summed E-state index contributed by atoms with van der Waals surface area (Å²) in [4.78, 5) is 9.42. The van der Waals surface area contributed by atoms with Gasteiger partial charge in [0.1, 0.15) is 11.4 Å². The maximum Gasteiger partial charge on any atom is 0.137 e. The van der Waals surface area contributed by atoms with Crippen LogP contribution in [0.1, 0.15) is 5.69 Å². The number of anilines is 1. The highest BCUT2D eigenvalue weighted by atomic mass is 35.5. The van der Waals surface area contributed by atoms with Crippen LogP contribution in [0.5, 0.6) is 5.75 Å². The van der Waals surface area contributed by atoms with Crippen molar-refractivity contribution >= 4 is 22.9 Å². The fourth-order valence-electron chi connectivity index (χ4n) is 3.15. The summed E-state index contributed by atoms with van der Waals surface area (Å²) < 4.78 is 1.98. The van der Waals surface area contributed by atoms with Gasteiger partial charge in [-0.1, -0.05) is 11.6 Å². The van der Waals surface area contributed by atoms with Crippen LogP contribution in [0.2, 0.25) is 5.02 Å². The van der Waals surface area contributed by atoms with Crippen molar-refractivity contribution in [3.05, 3.63) is 59.5 Å². The molecule has 0 bridgehead atoms. The molecule has 3 aromatic rings. The lowest BCUT2D eigenvalue weighted by Crippen LogP contribution is -2.46. The molecule has 124 valence electrons. The molecule has 3 heterocycles. The zero-order chi connectivity index (χ0) is 16.5. The van der Waals surface area contributed by atoms with Crippen LogP contribution in [0.15, 0.2) is 48.8 Å². The molecule has 1 fully saturated rings. The van der Waals surface area contributed by atoms with Gasteiger partial charge in [-0.15, -0.1) is 0 Å². The first-order chi connectivity index (χ1) is 11.7. The van der Waals surface area contributed by atoms with Gasteiger partial charge >= 0.3 is 0 Å². The van der Waals surface area contributed by atoms with E-state index >= 15 is 0 Å². The normalized spacial score (nSPS) is 16.0. The number of fused-ring (bicyclic) bond motifs is 1. The molecule has 1 saturated heterocycles. The lowest BCUT2D eigenvalue weighted by Gasteiger charge is -2.35. The lowest BCUT2D eigenvalue weighted by molar-refractivity contribution is 0.247. The first-order valence-corrected chi connectivity index (χ1v) is 8.45. The van der Waals surface area contributed by atoms with Gasteiger partial charge in [0, 0.05) is 50.8 Å². The van der Waals surface area contributed by atoms with E-state index in [2.05, 4.69) is 14.8 Å². The fraction of sp³-hybridized carbons (Fsp3) is 0.278. The Hall–Kier alpha value is -2.24. The van der Waals surface area contributed by atoms with Gasteiger partial charge in [-0.2, -0.15) is 0 Å². The van der Waals surface area contributed by atoms with Crippen LogP contribution in [-0.4, -0.2) is 45.6 Å². The lowest BCUT2D eigenvalue weighted by atomic mass is 10.2. The summed E-state index contributed by atoms with van der Waals surface area (Å²) in [6.45, 7) is 4.79. The topological polar surface area (TPSA) is 44.0 Å². The van der Waals surface area contributed by atoms with E-state index in [1.807, 2.05) is 41.1 Å². The maximum atomic E-state index is 9.39. The molecule has 0 radical (unpaired) electrons. The van der Waals surface area contributed by atoms with Crippen LogP contribution in [0.25, 0.3) is 5.65 Å². The largest absolute Gasteiger partial charge is 0.508 e. The number of imidazole rings is 1. The number of phenols is 1. The Balaban J connectivity index is 1.39. The van der Waals surface area contributed by atoms with Crippen molar-refractivity contribution in [3.8, 4) is 5.75 Å². The van der Waals surface area contributed by atoms with Gasteiger partial charge in [0.2, 0.25) is 0 Å². The number of phenolic OH excluding ortho intramolecular Hbond substituents is 1. The molecule has 5 nitrogen and oxygen atoms in total. The highest BCUT2D eigenvalue weighted by Gasteiger charge is 2.18. The SMILES string of the molecule is Oc1ccc(N2CCN(Cc3cn4cc(Cl)ccc4n3)CC2)cc1. The number of rotatable bonds is 3. The monoisotopic (exact) mass is 342 g/mol. The molecule has 0 aliphatic carbocycles. The van der Waals surface area contributed by atoms with Crippen molar-refractivity contribution in [2.75, 3.05) is 31.1 Å². The van der Waals surface area contributed by atoms with Crippen LogP contribution in [0, 0.1) is 0 Å². The van der Waals surface area contributed by atoms with Crippen molar-refractivity contribution in [2.24, 2.45) is 0 Å². The first kappa shape index (κ1) is 15.3. The summed E-state index contributed by atoms with van der Waals surface area (Å²) in [5.41, 5.74) is 3.15. The molecular formula is C18H19ClN4O. The molecule has 1 aromatic carbocycles. The van der Waals surface area contributed by atoms with E-state index in [1.165, 1.54) is 0 Å². The molecular weight excluding hydrogens is 324 g/mol. The molecule has 1 aliphatic rings. The molecule has 0 unspecified atom stereocenters. The molecule has 0 atom stereocenters. The summed E-state index contributed by atoms with van der Waals surface area (Å²) >= 11 is 6.02. The number of benzene rings is 1. The minimum atomic E-state index is 0.310. The van der Waals surface area contributed by atoms with Gasteiger partial charge in [0.15, 0.2) is 0 Å². The van der Waals surface area contributed by atoms with E-state index in [-0.39, 0.29) is 0 Å². The van der Waals surface area contributed by atoms with Crippen LogP contribution in [0.4, 0.5) is 5.69 Å². The number of halogens is 1. The third kappa shape index (κ3) is 3.18. The summed E-state index contributed by atoms with van der Waals surface area (Å²) in [7, 11) is 0. The molecule has 0 spiro atoms. The highest BCUT2D eigenvalue weighted by molar-refractivity contribution is 6.30. The Kier molecular flexibility index (Phi) is 4.04. The molecule has 4 rings (SSSR count). The molecule has 1 N–H and O–H groups in total. The minimum Gasteiger partial charge on any atom is -0.508 e. The van der Waals surface area contributed by atoms with Crippen molar-refractivity contribution in [3.63, 3.8) is 0 Å². The maximum absolute atomic E-state index is 9.39. The number of hydrogen-bond donors (Lipinski definition) is 1. The zero-order valence-electron chi connectivity index (χ0n) is 13.3. The summed E-state index contributed by atoms with van der Waals surface area (Å²) in [5, 5.41) is 10.1. The van der Waals surface area contributed by atoms with Crippen LogP contribution >= 0.6 is 11.6 Å². The number of aromatic hydroxyl groups is 1. The zero-order valence-corrected chi connectivity index (χ0v) is 14.0. The highest BCUT2D eigenvalue weighted by Crippen LogP contribution is 2.20. The van der Waals surface area contributed by atoms with E-state index in [4.69, 9.17) is 11.6 Å². The first-order valence-electron chi connectivity index (χ1n) is 8.07. The van der Waals surface area contributed by atoms with Crippen LogP contribution in [-0.2, 0) is 6.54 Å². The van der Waals surface area contributed by atoms with Gasteiger partial charge in [-0.05, 0) is 36.4 Å². The molecule has 24 heavy (non-hydrogen) atoms. The molecule has 1 aliphatic heterocycles. The third-order valence-corrected chi connectivity index (χ3v) is 4.66. The van der Waals surface area contributed by atoms with Gasteiger partial charge in [-0.25, -0.2) is 4.98 Å². The average Bonchev–Trinajstić information content (AvgIpc) is 2.98. The van der Waals surface area contributed by atoms with Gasteiger partial charge in [0.25, 0.3) is 0 Å². The minimum absolute atomic E-state index is 0.310. The smallest absolute Gasteiger partial charge is 0.137 e. The summed E-state index contributed by atoms with van der Waals surface area (Å²) in [6, 6.07) is 11.2. The number of aromatic nitrogens is 2. The van der Waals surface area contributed by atoms with Crippen LogP contribution < -0.4 is 4.90 Å². The number of hydrogen-bond acceptors (Lipinski definition) is 4. The Labute approximate surface area is 145 Å². The third-order valence-electron chi connectivity index (χ3n) is 4.44. The summed E-state index contributed by atoms with van der Waals surface area (Å²) in [5.74, 6) is 0.310. The Morgan fingerprint density at radius 1 is 0.958 bits per heavy atom.